The lowest BCUT2D eigenvalue weighted by Crippen LogP contribution is -2.29. The molecule has 36 heavy (non-hydrogen) atoms. The second-order valence-corrected chi connectivity index (χ2v) is 9.15. The number of carboxylic acid groups (broad SMARTS) is 1. The van der Waals surface area contributed by atoms with Crippen LogP contribution in [0.25, 0.3) is 0 Å². The smallest absolute Gasteiger partial charge is 0.475 e. The molecule has 194 valence electrons. The molecular formula is C24H29F3N6O3. The predicted molar refractivity (Wildman–Crippen MR) is 126 cm³/mol. The Balaban J connectivity index is 0.000000384. The van der Waals surface area contributed by atoms with Crippen molar-refractivity contribution < 1.29 is 27.9 Å². The lowest BCUT2D eigenvalue weighted by molar-refractivity contribution is -0.192. The highest BCUT2D eigenvalue weighted by Crippen LogP contribution is 2.30. The first-order chi connectivity index (χ1) is 17.2. The summed E-state index contributed by atoms with van der Waals surface area (Å²) in [6, 6.07) is 3.94. The van der Waals surface area contributed by atoms with Crippen LogP contribution in [-0.4, -0.2) is 75.7 Å². The number of carbonyl (C=O) groups is 2. The van der Waals surface area contributed by atoms with Gasteiger partial charge in [0.2, 0.25) is 5.95 Å². The molecule has 2 N–H and O–H groups in total. The fourth-order valence-corrected chi connectivity index (χ4v) is 4.24. The fourth-order valence-electron chi connectivity index (χ4n) is 4.24. The van der Waals surface area contributed by atoms with Gasteiger partial charge in [-0.3, -0.25) is 4.79 Å². The molecule has 0 aromatic carbocycles. The summed E-state index contributed by atoms with van der Waals surface area (Å²) in [6.45, 7) is 4.31. The molecule has 1 amide bonds. The van der Waals surface area contributed by atoms with E-state index in [1.165, 1.54) is 18.4 Å². The van der Waals surface area contributed by atoms with Gasteiger partial charge >= 0.3 is 12.1 Å². The highest BCUT2D eigenvalue weighted by Gasteiger charge is 2.38. The lowest BCUT2D eigenvalue weighted by atomic mass is 10.0. The van der Waals surface area contributed by atoms with Crippen LogP contribution >= 0.6 is 0 Å². The Morgan fingerprint density at radius 3 is 2.31 bits per heavy atom. The van der Waals surface area contributed by atoms with Crippen LogP contribution in [0.15, 0.2) is 24.5 Å². The average Bonchev–Trinajstić information content (AvgIpc) is 3.58. The SMILES string of the molecule is O=C(O)C(F)(F)F.O=C(c1cc2c(nc1NCC1CC1)CCN(c1ncccn1)CC2)N1CCCC1. The molecule has 1 aliphatic carbocycles. The normalized spacial score (nSPS) is 17.5. The van der Waals surface area contributed by atoms with E-state index in [2.05, 4.69) is 26.3 Å². The third-order valence-corrected chi connectivity index (χ3v) is 6.42. The highest BCUT2D eigenvalue weighted by atomic mass is 19.4. The van der Waals surface area contributed by atoms with E-state index in [0.717, 1.165) is 87.3 Å². The van der Waals surface area contributed by atoms with E-state index >= 15 is 0 Å². The van der Waals surface area contributed by atoms with Crippen LogP contribution in [0, 0.1) is 5.92 Å². The molecule has 2 aliphatic heterocycles. The first-order valence-electron chi connectivity index (χ1n) is 12.1. The maximum absolute atomic E-state index is 13.2. The molecule has 2 aromatic heterocycles. The Labute approximate surface area is 206 Å². The summed E-state index contributed by atoms with van der Waals surface area (Å²) in [7, 11) is 0. The molecule has 0 atom stereocenters. The van der Waals surface area contributed by atoms with E-state index in [1.54, 1.807) is 12.4 Å². The largest absolute Gasteiger partial charge is 0.490 e. The molecular weight excluding hydrogens is 477 g/mol. The number of rotatable bonds is 5. The number of fused-ring (bicyclic) bond motifs is 1. The van der Waals surface area contributed by atoms with Gasteiger partial charge in [0.05, 0.1) is 5.56 Å². The van der Waals surface area contributed by atoms with Crippen molar-refractivity contribution in [2.45, 2.75) is 44.7 Å². The molecule has 0 bridgehead atoms. The van der Waals surface area contributed by atoms with Crippen LogP contribution in [0.1, 0.15) is 47.3 Å². The number of nitrogens with zero attached hydrogens (tertiary/aromatic N) is 5. The summed E-state index contributed by atoms with van der Waals surface area (Å²) in [6.07, 6.45) is 4.92. The third-order valence-electron chi connectivity index (χ3n) is 6.42. The quantitative estimate of drug-likeness (QED) is 0.636. The van der Waals surface area contributed by atoms with Crippen molar-refractivity contribution in [3.05, 3.63) is 41.3 Å². The van der Waals surface area contributed by atoms with Crippen LogP contribution in [0.5, 0.6) is 0 Å². The van der Waals surface area contributed by atoms with Gasteiger partial charge in [-0.05, 0) is 55.7 Å². The summed E-state index contributed by atoms with van der Waals surface area (Å²) in [5, 5.41) is 10.6. The summed E-state index contributed by atoms with van der Waals surface area (Å²) in [5.74, 6) is -0.357. The van der Waals surface area contributed by atoms with Crippen LogP contribution in [0.3, 0.4) is 0 Å². The molecule has 1 saturated heterocycles. The van der Waals surface area contributed by atoms with Crippen molar-refractivity contribution >= 4 is 23.6 Å². The van der Waals surface area contributed by atoms with Crippen LogP contribution < -0.4 is 10.2 Å². The van der Waals surface area contributed by atoms with Crippen molar-refractivity contribution in [2.75, 3.05) is 42.9 Å². The zero-order valence-corrected chi connectivity index (χ0v) is 19.8. The highest BCUT2D eigenvalue weighted by molar-refractivity contribution is 5.99. The number of alkyl halides is 3. The van der Waals surface area contributed by atoms with Gasteiger partial charge in [-0.1, -0.05) is 0 Å². The minimum absolute atomic E-state index is 0.128. The molecule has 0 radical (unpaired) electrons. The van der Waals surface area contributed by atoms with E-state index in [9.17, 15) is 18.0 Å². The molecule has 2 aromatic rings. The molecule has 1 saturated carbocycles. The summed E-state index contributed by atoms with van der Waals surface area (Å²) < 4.78 is 31.7. The maximum Gasteiger partial charge on any atom is 0.490 e. The molecule has 2 fully saturated rings. The topological polar surface area (TPSA) is 112 Å². The Hall–Kier alpha value is -3.44. The number of pyridine rings is 1. The third kappa shape index (κ3) is 6.61. The van der Waals surface area contributed by atoms with Crippen molar-refractivity contribution in [1.29, 1.82) is 0 Å². The molecule has 5 rings (SSSR count). The van der Waals surface area contributed by atoms with Gasteiger partial charge in [0, 0.05) is 57.2 Å². The molecule has 0 spiro atoms. The van der Waals surface area contributed by atoms with E-state index in [-0.39, 0.29) is 5.91 Å². The van der Waals surface area contributed by atoms with Gasteiger partial charge in [0.1, 0.15) is 5.82 Å². The van der Waals surface area contributed by atoms with Crippen molar-refractivity contribution in [3.8, 4) is 0 Å². The number of anilines is 2. The van der Waals surface area contributed by atoms with Crippen molar-refractivity contribution in [3.63, 3.8) is 0 Å². The van der Waals surface area contributed by atoms with Crippen molar-refractivity contribution in [1.82, 2.24) is 19.9 Å². The number of nitrogens with one attached hydrogen (secondary N) is 1. The van der Waals surface area contributed by atoms with Crippen LogP contribution in [0.2, 0.25) is 0 Å². The second kappa shape index (κ2) is 11.1. The molecule has 4 heterocycles. The Kier molecular flexibility index (Phi) is 7.90. The number of hydrogen-bond acceptors (Lipinski definition) is 7. The van der Waals surface area contributed by atoms with Gasteiger partial charge < -0.3 is 20.2 Å². The van der Waals surface area contributed by atoms with Crippen LogP contribution in [-0.2, 0) is 17.6 Å². The van der Waals surface area contributed by atoms with E-state index < -0.39 is 12.1 Å². The number of likely N-dealkylation sites (tertiary alicyclic amines) is 1. The lowest BCUT2D eigenvalue weighted by Gasteiger charge is -2.20. The molecule has 0 unspecified atom stereocenters. The number of aliphatic carboxylic acids is 1. The van der Waals surface area contributed by atoms with E-state index in [4.69, 9.17) is 14.9 Å². The number of carbonyl (C=O) groups excluding carboxylic acids is 1. The zero-order chi connectivity index (χ0) is 25.7. The van der Waals surface area contributed by atoms with Gasteiger partial charge in [0.25, 0.3) is 5.91 Å². The minimum Gasteiger partial charge on any atom is -0.475 e. The summed E-state index contributed by atoms with van der Waals surface area (Å²) in [5.41, 5.74) is 3.03. The van der Waals surface area contributed by atoms with Gasteiger partial charge in [-0.2, -0.15) is 13.2 Å². The minimum atomic E-state index is -5.08. The van der Waals surface area contributed by atoms with Gasteiger partial charge in [0.15, 0.2) is 0 Å². The predicted octanol–water partition coefficient (Wildman–Crippen LogP) is 3.17. The Bertz CT molecular complexity index is 1070. The second-order valence-electron chi connectivity index (χ2n) is 9.15. The van der Waals surface area contributed by atoms with E-state index in [1.807, 2.05) is 11.0 Å². The number of amides is 1. The van der Waals surface area contributed by atoms with E-state index in [0.29, 0.717) is 0 Å². The van der Waals surface area contributed by atoms with Crippen LogP contribution in [0.4, 0.5) is 24.9 Å². The molecule has 12 heteroatoms. The summed E-state index contributed by atoms with van der Waals surface area (Å²) in [4.78, 5) is 40.1. The monoisotopic (exact) mass is 506 g/mol. The number of aromatic nitrogens is 3. The first-order valence-corrected chi connectivity index (χ1v) is 12.1. The number of carboxylic acids is 1. The number of hydrogen-bond donors (Lipinski definition) is 2. The first kappa shape index (κ1) is 25.6. The van der Waals surface area contributed by atoms with Gasteiger partial charge in [-0.25, -0.2) is 19.7 Å². The molecule has 3 aliphatic rings. The standard InChI is InChI=1S/C22H28N6O.C2HF3O2/c29-21(27-10-1-2-11-27)18-14-17-6-12-28(22-23-8-3-9-24-22)13-7-19(17)26-20(18)25-15-16-4-5-16;3-2(4,5)1(6)7/h3,8-9,14,16H,1-2,4-7,10-13,15H2,(H,25,26);(H,6,7). The fraction of sp³-hybridized carbons (Fsp3) is 0.542. The van der Waals surface area contributed by atoms with Crippen molar-refractivity contribution in [2.24, 2.45) is 5.92 Å². The Morgan fingerprint density at radius 2 is 1.69 bits per heavy atom. The summed E-state index contributed by atoms with van der Waals surface area (Å²) >= 11 is 0. The Morgan fingerprint density at radius 1 is 1.06 bits per heavy atom. The average molecular weight is 507 g/mol. The van der Waals surface area contributed by atoms with Gasteiger partial charge in [-0.15, -0.1) is 0 Å². The number of halogens is 3. The zero-order valence-electron chi connectivity index (χ0n) is 19.8. The molecule has 9 nitrogen and oxygen atoms in total. The maximum atomic E-state index is 13.2.